The van der Waals surface area contributed by atoms with E-state index >= 15 is 0 Å². The topological polar surface area (TPSA) is 255 Å². The van der Waals surface area contributed by atoms with Gasteiger partial charge in [0.15, 0.2) is 11.5 Å². The molecule has 1 aromatic carbocycles. The van der Waals surface area contributed by atoms with E-state index in [9.17, 15) is 38.7 Å². The van der Waals surface area contributed by atoms with Crippen molar-refractivity contribution in [2.45, 2.75) is 114 Å². The van der Waals surface area contributed by atoms with Gasteiger partial charge in [-0.05, 0) is 44.9 Å². The van der Waals surface area contributed by atoms with E-state index in [2.05, 4.69) is 15.5 Å². The largest absolute Gasteiger partial charge is 0.495 e. The van der Waals surface area contributed by atoms with Crippen molar-refractivity contribution in [3.63, 3.8) is 0 Å². The average molecular weight is 892 g/mol. The number of anilines is 1. The number of aliphatic hydroxyl groups is 1. The minimum Gasteiger partial charge on any atom is -0.495 e. The molecule has 62 heavy (non-hydrogen) atoms. The van der Waals surface area contributed by atoms with Crippen LogP contribution >= 0.6 is 11.6 Å². The van der Waals surface area contributed by atoms with E-state index < -0.39 is 90.5 Å². The van der Waals surface area contributed by atoms with E-state index in [1.807, 2.05) is 13.0 Å². The maximum absolute atomic E-state index is 14.2. The Morgan fingerprint density at radius 1 is 1.13 bits per heavy atom. The molecule has 4 rings (SSSR count). The molecule has 20 heteroatoms. The zero-order valence-corrected chi connectivity index (χ0v) is 37.1. The Bertz CT molecular complexity index is 1940. The van der Waals surface area contributed by atoms with Crippen molar-refractivity contribution in [2.24, 2.45) is 11.8 Å². The number of methoxy groups -OCH3 is 2. The van der Waals surface area contributed by atoms with Crippen LogP contribution in [0.4, 0.5) is 10.5 Å². The smallest absolute Gasteiger partial charge is 0.409 e. The van der Waals surface area contributed by atoms with E-state index in [1.54, 1.807) is 38.1 Å². The summed E-state index contributed by atoms with van der Waals surface area (Å²) >= 11 is 6.76. The lowest BCUT2D eigenvalue weighted by atomic mass is 9.83. The first kappa shape index (κ1) is 49.7. The Labute approximate surface area is 365 Å². The molecule has 0 spiro atoms. The Hall–Kier alpha value is -4.92. The van der Waals surface area contributed by atoms with Crippen LogP contribution in [-0.4, -0.2) is 135 Å². The molecular formula is C42H58ClN5O14. The third kappa shape index (κ3) is 12.4. The first-order chi connectivity index (χ1) is 29.2. The van der Waals surface area contributed by atoms with Crippen LogP contribution in [0, 0.1) is 5.92 Å². The second kappa shape index (κ2) is 21.4. The number of amides is 4. The quantitative estimate of drug-likeness (QED) is 0.112. The summed E-state index contributed by atoms with van der Waals surface area (Å²) in [5, 5.41) is 16.9. The van der Waals surface area contributed by atoms with Gasteiger partial charge in [-0.15, -0.1) is 0 Å². The van der Waals surface area contributed by atoms with Gasteiger partial charge in [-0.2, -0.15) is 0 Å². The van der Waals surface area contributed by atoms with Gasteiger partial charge in [0.1, 0.15) is 53.1 Å². The summed E-state index contributed by atoms with van der Waals surface area (Å²) < 4.78 is 29.1. The Morgan fingerprint density at radius 2 is 1.81 bits per heavy atom. The second-order valence-electron chi connectivity index (χ2n) is 16.1. The van der Waals surface area contributed by atoms with Crippen molar-refractivity contribution in [3.05, 3.63) is 46.5 Å². The highest BCUT2D eigenvalue weighted by Crippen LogP contribution is 2.49. The molecule has 2 fully saturated rings. The number of nitrogens with one attached hydrogen (secondary N) is 2. The van der Waals surface area contributed by atoms with E-state index in [1.165, 1.54) is 40.1 Å². The van der Waals surface area contributed by atoms with Crippen LogP contribution in [0.25, 0.3) is 0 Å². The molecule has 0 aromatic heterocycles. The summed E-state index contributed by atoms with van der Waals surface area (Å²) in [6, 6.07) is 2.28. The summed E-state index contributed by atoms with van der Waals surface area (Å²) in [6.45, 7) is 5.87. The molecule has 19 nitrogen and oxygen atoms in total. The van der Waals surface area contributed by atoms with Gasteiger partial charge < -0.3 is 43.9 Å². The number of likely N-dealkylation sites (N-methyl/N-ethyl adjacent to an activating group) is 1. The van der Waals surface area contributed by atoms with Gasteiger partial charge in [-0.3, -0.25) is 34.1 Å². The third-order valence-electron chi connectivity index (χ3n) is 11.5. The zero-order valence-electron chi connectivity index (χ0n) is 36.3. The fourth-order valence-corrected chi connectivity index (χ4v) is 7.74. The molecular weight excluding hydrogens is 834 g/mol. The molecule has 4 bridgehead atoms. The number of rotatable bonds is 15. The number of carbonyl (C=O) groups excluding carboxylic acids is 7. The number of alkyl carbamates (subject to hydrolysis) is 1. The number of nitrogens with zero attached hydrogens (tertiary/aromatic N) is 2. The lowest BCUT2D eigenvalue weighted by Crippen LogP contribution is -2.63. The number of ketones is 2. The molecule has 3 aliphatic heterocycles. The van der Waals surface area contributed by atoms with Crippen LogP contribution in [0.3, 0.4) is 0 Å². The number of ether oxygens (including phenoxy) is 5. The van der Waals surface area contributed by atoms with Crippen LogP contribution in [0.2, 0.25) is 5.02 Å². The van der Waals surface area contributed by atoms with Crippen molar-refractivity contribution < 1.29 is 67.2 Å². The van der Waals surface area contributed by atoms with Crippen LogP contribution < -0.4 is 26.2 Å². The Kier molecular flexibility index (Phi) is 17.2. The fraction of sp³-hybridized carbons (Fsp3) is 0.595. The van der Waals surface area contributed by atoms with Crippen LogP contribution in [0.5, 0.6) is 5.75 Å². The zero-order chi connectivity index (χ0) is 46.1. The predicted octanol–water partition coefficient (Wildman–Crippen LogP) is 2.22. The van der Waals surface area contributed by atoms with Crippen LogP contribution in [0.1, 0.15) is 71.8 Å². The summed E-state index contributed by atoms with van der Waals surface area (Å²) in [5.74, 6) is 1.22. The summed E-state index contributed by atoms with van der Waals surface area (Å²) in [7, 11) is 5.72. The Morgan fingerprint density at radius 3 is 2.47 bits per heavy atom. The molecule has 3 heterocycles. The normalized spacial score (nSPS) is 28.1. The molecule has 8 unspecified atom stereocenters. The van der Waals surface area contributed by atoms with Gasteiger partial charge in [0.25, 0.3) is 0 Å². The molecule has 3 aliphatic rings. The number of epoxide rings is 1. The molecule has 2 saturated heterocycles. The van der Waals surface area contributed by atoms with Gasteiger partial charge in [0.05, 0.1) is 31.9 Å². The van der Waals surface area contributed by atoms with Gasteiger partial charge in [-0.25, -0.2) is 15.5 Å². The van der Waals surface area contributed by atoms with Gasteiger partial charge in [0.2, 0.25) is 17.7 Å². The van der Waals surface area contributed by atoms with Crippen molar-refractivity contribution >= 4 is 58.6 Å². The first-order valence-electron chi connectivity index (χ1n) is 20.1. The Balaban J connectivity index is 1.57. The maximum atomic E-state index is 14.2. The lowest BCUT2D eigenvalue weighted by molar-refractivity contribution is -0.161. The highest BCUT2D eigenvalue weighted by Gasteiger charge is 2.64. The van der Waals surface area contributed by atoms with E-state index in [4.69, 9.17) is 41.2 Å². The van der Waals surface area contributed by atoms with Gasteiger partial charge in [0, 0.05) is 59.2 Å². The van der Waals surface area contributed by atoms with E-state index in [0.29, 0.717) is 17.9 Å². The third-order valence-corrected chi connectivity index (χ3v) is 11.9. The highest BCUT2D eigenvalue weighted by molar-refractivity contribution is 6.35. The van der Waals surface area contributed by atoms with Crippen molar-refractivity contribution in [2.75, 3.05) is 46.4 Å². The molecule has 342 valence electrons. The molecule has 0 aliphatic carbocycles. The number of esters is 1. The number of benzene rings is 1. The summed E-state index contributed by atoms with van der Waals surface area (Å²) in [5.41, 5.74) is -1.24. The maximum Gasteiger partial charge on any atom is 0.409 e. The number of carbonyl (C=O) groups is 7. The second-order valence-corrected chi connectivity index (χ2v) is 16.4. The van der Waals surface area contributed by atoms with Crippen molar-refractivity contribution in [1.82, 2.24) is 15.5 Å². The van der Waals surface area contributed by atoms with Crippen molar-refractivity contribution in [1.29, 1.82) is 0 Å². The van der Waals surface area contributed by atoms with E-state index in [0.717, 1.165) is 16.0 Å². The first-order valence-corrected chi connectivity index (χ1v) is 20.5. The summed E-state index contributed by atoms with van der Waals surface area (Å²) in [4.78, 5) is 96.8. The van der Waals surface area contributed by atoms with Gasteiger partial charge in [-0.1, -0.05) is 42.3 Å². The molecule has 4 amide bonds. The van der Waals surface area contributed by atoms with E-state index in [-0.39, 0.29) is 55.3 Å². The SMILES string of the molecule is COc1cc2cc(c1Cl)N(C)C(=O)CC(OC(=O)C(C)N(C)C(=O)CNC(=O)CCC(=O)CCC(=O)CON)C1(C)OC1C(C)C1CC(O)(NC(=O)O1)C(OC)/C=C/C=C(\C)C2. The molecule has 5 N–H and O–H groups in total. The highest BCUT2D eigenvalue weighted by atomic mass is 35.5. The van der Waals surface area contributed by atoms with Crippen LogP contribution in [0.15, 0.2) is 35.9 Å². The minimum atomic E-state index is -1.88. The summed E-state index contributed by atoms with van der Waals surface area (Å²) in [6.07, 6.45) is -0.307. The van der Waals surface area contributed by atoms with Gasteiger partial charge >= 0.3 is 12.1 Å². The standard InChI is InChI=1S/C42H58ClN5O14/c1-23-10-9-11-32(58-8)42(56)20-31(60-40(55)46-42)24(2)38-41(4,62-38)33(19-35(52)48(6)29-17-26(16-23)18-30(57-7)37(29)43)61-39(54)25(3)47(5)36(53)21-45-34(51)15-14-27(49)12-13-28(50)22-59-44/h9-11,17-18,24-25,31-33,38,56H,12-16,19-22,44H2,1-8H3,(H,45,51)(H,46,55)/b11-9+,23-10+. The number of nitrogens with two attached hydrogens (primary N) is 1. The lowest BCUT2D eigenvalue weighted by Gasteiger charge is -2.42. The number of allylic oxidation sites excluding steroid dienone is 3. The number of fused-ring (bicyclic) bond motifs is 5. The molecule has 0 saturated carbocycles. The minimum absolute atomic E-state index is 0.0773. The van der Waals surface area contributed by atoms with Crippen LogP contribution in [-0.2, 0) is 59.0 Å². The monoisotopic (exact) mass is 891 g/mol. The molecule has 0 radical (unpaired) electrons. The molecule has 1 aromatic rings. The van der Waals surface area contributed by atoms with Crippen molar-refractivity contribution in [3.8, 4) is 5.75 Å². The number of hydrogen-bond acceptors (Lipinski definition) is 15. The fourth-order valence-electron chi connectivity index (χ4n) is 7.43. The number of hydrogen-bond donors (Lipinski definition) is 4. The number of Topliss-reactive ketones (excluding diaryl/α,β-unsaturated/α-hetero) is 2. The average Bonchev–Trinajstić information content (AvgIpc) is 3.93. The predicted molar refractivity (Wildman–Crippen MR) is 223 cm³/mol. The molecule has 8 atom stereocenters. The number of halogens is 1.